The summed E-state index contributed by atoms with van der Waals surface area (Å²) in [5, 5.41) is 0. The average Bonchev–Trinajstić information content (AvgIpc) is 2.82. The van der Waals surface area contributed by atoms with Crippen LogP contribution in [0.15, 0.2) is 48.5 Å². The molecule has 2 aliphatic heterocycles. The van der Waals surface area contributed by atoms with Gasteiger partial charge in [-0.1, -0.05) is 42.5 Å². The maximum Gasteiger partial charge on any atom is 0.162 e. The summed E-state index contributed by atoms with van der Waals surface area (Å²) in [4.78, 5) is 2.55. The summed E-state index contributed by atoms with van der Waals surface area (Å²) < 4.78 is 27.3. The molecule has 1 nitrogen and oxygen atoms in total. The minimum absolute atomic E-state index is 0.395. The Morgan fingerprint density at radius 3 is 2.58 bits per heavy atom. The monoisotopic (exact) mass is 325 g/mol. The molecule has 0 spiro atoms. The maximum atomic E-state index is 13.9. The summed E-state index contributed by atoms with van der Waals surface area (Å²) in [6.07, 6.45) is 5.49. The number of benzene rings is 2. The van der Waals surface area contributed by atoms with E-state index in [0.29, 0.717) is 17.6 Å². The van der Waals surface area contributed by atoms with Gasteiger partial charge in [-0.3, -0.25) is 4.90 Å². The van der Waals surface area contributed by atoms with Crippen LogP contribution in [0.2, 0.25) is 0 Å². The number of halogens is 2. The zero-order valence-corrected chi connectivity index (χ0v) is 13.8. The molecule has 1 saturated heterocycles. The Kier molecular flexibility index (Phi) is 3.97. The lowest BCUT2D eigenvalue weighted by molar-refractivity contribution is 0.203. The van der Waals surface area contributed by atoms with E-state index in [1.165, 1.54) is 23.6 Å². The third-order valence-electron chi connectivity index (χ3n) is 5.43. The van der Waals surface area contributed by atoms with Crippen LogP contribution in [-0.4, -0.2) is 17.0 Å². The van der Waals surface area contributed by atoms with Crippen LogP contribution in [0, 0.1) is 18.6 Å². The summed E-state index contributed by atoms with van der Waals surface area (Å²) in [6, 6.07) is 14.4. The predicted octanol–water partition coefficient (Wildman–Crippen LogP) is 5.09. The molecule has 0 radical (unpaired) electrons. The molecule has 0 aliphatic carbocycles. The second-order valence-electron chi connectivity index (χ2n) is 6.89. The van der Waals surface area contributed by atoms with Gasteiger partial charge < -0.3 is 0 Å². The molecular weight excluding hydrogens is 304 g/mol. The number of fused-ring (bicyclic) bond motifs is 2. The van der Waals surface area contributed by atoms with Gasteiger partial charge in [0.2, 0.25) is 0 Å². The molecule has 124 valence electrons. The van der Waals surface area contributed by atoms with Crippen molar-refractivity contribution in [1.82, 2.24) is 4.90 Å². The smallest absolute Gasteiger partial charge is 0.162 e. The quantitative estimate of drug-likeness (QED) is 0.759. The van der Waals surface area contributed by atoms with Crippen molar-refractivity contribution in [1.29, 1.82) is 0 Å². The minimum atomic E-state index is -0.763. The van der Waals surface area contributed by atoms with Crippen molar-refractivity contribution in [3.63, 3.8) is 0 Å². The molecule has 2 unspecified atom stereocenters. The van der Waals surface area contributed by atoms with Crippen molar-refractivity contribution >= 4 is 5.57 Å². The van der Waals surface area contributed by atoms with Crippen LogP contribution in [-0.2, 0) is 6.54 Å². The highest BCUT2D eigenvalue weighted by molar-refractivity contribution is 5.70. The van der Waals surface area contributed by atoms with Gasteiger partial charge in [0.1, 0.15) is 0 Å². The molecule has 0 aromatic heterocycles. The second-order valence-corrected chi connectivity index (χ2v) is 6.89. The van der Waals surface area contributed by atoms with Gasteiger partial charge in [0.25, 0.3) is 0 Å². The van der Waals surface area contributed by atoms with E-state index in [1.54, 1.807) is 13.0 Å². The minimum Gasteiger partial charge on any atom is -0.289 e. The molecule has 2 aromatic carbocycles. The first-order valence-corrected chi connectivity index (χ1v) is 8.59. The maximum absolute atomic E-state index is 13.9. The molecule has 2 aromatic rings. The Labute approximate surface area is 141 Å². The fraction of sp³-hybridized carbons (Fsp3) is 0.333. The van der Waals surface area contributed by atoms with Crippen molar-refractivity contribution in [2.75, 3.05) is 0 Å². The summed E-state index contributed by atoms with van der Waals surface area (Å²) in [7, 11) is 0. The van der Waals surface area contributed by atoms with Gasteiger partial charge in [-0.25, -0.2) is 8.78 Å². The lowest BCUT2D eigenvalue weighted by atomic mass is 9.91. The third kappa shape index (κ3) is 2.67. The zero-order chi connectivity index (χ0) is 16.7. The van der Waals surface area contributed by atoms with Crippen LogP contribution in [0.1, 0.15) is 36.0 Å². The molecule has 0 amide bonds. The Morgan fingerprint density at radius 2 is 1.83 bits per heavy atom. The highest BCUT2D eigenvalue weighted by Crippen LogP contribution is 2.40. The van der Waals surface area contributed by atoms with E-state index >= 15 is 0 Å². The van der Waals surface area contributed by atoms with Gasteiger partial charge >= 0.3 is 0 Å². The Balaban J connectivity index is 1.61. The molecule has 4 rings (SSSR count). The van der Waals surface area contributed by atoms with Crippen LogP contribution >= 0.6 is 0 Å². The molecule has 2 heterocycles. The molecule has 0 saturated carbocycles. The van der Waals surface area contributed by atoms with Crippen molar-refractivity contribution < 1.29 is 8.78 Å². The SMILES string of the molecule is Cc1c(C2=CC3CCC(C2)N3Cc2ccccc2)ccc(F)c1F. The van der Waals surface area contributed by atoms with E-state index < -0.39 is 11.6 Å². The average molecular weight is 325 g/mol. The van der Waals surface area contributed by atoms with Crippen LogP contribution in [0.4, 0.5) is 8.78 Å². The van der Waals surface area contributed by atoms with E-state index in [2.05, 4.69) is 35.2 Å². The molecule has 2 aliphatic rings. The Morgan fingerprint density at radius 1 is 1.04 bits per heavy atom. The van der Waals surface area contributed by atoms with Gasteiger partial charge in [0, 0.05) is 18.6 Å². The van der Waals surface area contributed by atoms with E-state index in [4.69, 9.17) is 0 Å². The molecule has 2 atom stereocenters. The second kappa shape index (κ2) is 6.14. The van der Waals surface area contributed by atoms with Crippen LogP contribution in [0.25, 0.3) is 5.57 Å². The fourth-order valence-corrected chi connectivity index (χ4v) is 4.16. The molecule has 2 bridgehead atoms. The van der Waals surface area contributed by atoms with Gasteiger partial charge in [0.05, 0.1) is 0 Å². The number of hydrogen-bond donors (Lipinski definition) is 0. The molecule has 0 N–H and O–H groups in total. The van der Waals surface area contributed by atoms with E-state index in [1.807, 2.05) is 6.07 Å². The normalized spacial score (nSPS) is 23.4. The standard InChI is InChI=1S/C21H21F2N/c1-14-19(9-10-20(22)21(14)23)16-11-17-7-8-18(12-16)24(17)13-15-5-3-2-4-6-15/h2-6,9-11,17-18H,7-8,12-13H2,1H3. The first kappa shape index (κ1) is 15.5. The molecule has 24 heavy (non-hydrogen) atoms. The number of rotatable bonds is 3. The zero-order valence-electron chi connectivity index (χ0n) is 13.8. The van der Waals surface area contributed by atoms with Crippen molar-refractivity contribution in [2.24, 2.45) is 0 Å². The van der Waals surface area contributed by atoms with Crippen LogP contribution < -0.4 is 0 Å². The van der Waals surface area contributed by atoms with Crippen LogP contribution in [0.5, 0.6) is 0 Å². The summed E-state index contributed by atoms with van der Waals surface area (Å²) in [5.41, 5.74) is 3.79. The lowest BCUT2D eigenvalue weighted by Gasteiger charge is -2.34. The van der Waals surface area contributed by atoms with E-state index in [9.17, 15) is 8.78 Å². The molecule has 1 fully saturated rings. The molecular formula is C21H21F2N. The first-order chi connectivity index (χ1) is 11.6. The molecule has 3 heteroatoms. The van der Waals surface area contributed by atoms with Crippen molar-refractivity contribution in [3.8, 4) is 0 Å². The largest absolute Gasteiger partial charge is 0.289 e. The lowest BCUT2D eigenvalue weighted by Crippen LogP contribution is -2.37. The highest BCUT2D eigenvalue weighted by atomic mass is 19.2. The summed E-state index contributed by atoms with van der Waals surface area (Å²) >= 11 is 0. The highest BCUT2D eigenvalue weighted by Gasteiger charge is 2.36. The number of hydrogen-bond acceptors (Lipinski definition) is 1. The van der Waals surface area contributed by atoms with Crippen molar-refractivity contribution in [3.05, 3.63) is 76.9 Å². The van der Waals surface area contributed by atoms with Gasteiger partial charge in [0.15, 0.2) is 11.6 Å². The third-order valence-corrected chi connectivity index (χ3v) is 5.43. The van der Waals surface area contributed by atoms with Crippen molar-refractivity contribution in [2.45, 2.75) is 44.8 Å². The summed E-state index contributed by atoms with van der Waals surface area (Å²) in [5.74, 6) is -1.48. The Bertz CT molecular complexity index is 782. The summed E-state index contributed by atoms with van der Waals surface area (Å²) in [6.45, 7) is 2.63. The van der Waals surface area contributed by atoms with Crippen LogP contribution in [0.3, 0.4) is 0 Å². The van der Waals surface area contributed by atoms with Gasteiger partial charge in [-0.2, -0.15) is 0 Å². The first-order valence-electron chi connectivity index (χ1n) is 8.59. The topological polar surface area (TPSA) is 3.24 Å². The fourth-order valence-electron chi connectivity index (χ4n) is 4.16. The Hall–Kier alpha value is -2.00. The van der Waals surface area contributed by atoms with Gasteiger partial charge in [-0.05, 0) is 54.5 Å². The van der Waals surface area contributed by atoms with Gasteiger partial charge in [-0.15, -0.1) is 0 Å². The van der Waals surface area contributed by atoms with E-state index in [0.717, 1.165) is 24.9 Å². The predicted molar refractivity (Wildman–Crippen MR) is 92.5 cm³/mol. The van der Waals surface area contributed by atoms with E-state index in [-0.39, 0.29) is 0 Å². The number of nitrogens with zero attached hydrogens (tertiary/aromatic N) is 1.